The fourth-order valence-corrected chi connectivity index (χ4v) is 1.42. The molecule has 66 valence electrons. The summed E-state index contributed by atoms with van der Waals surface area (Å²) >= 11 is 5.86. The van der Waals surface area contributed by atoms with Gasteiger partial charge in [-0.3, -0.25) is 4.84 Å². The molecule has 0 atom stereocenters. The predicted molar refractivity (Wildman–Crippen MR) is 49.9 cm³/mol. The van der Waals surface area contributed by atoms with Crippen LogP contribution in [0.15, 0.2) is 12.1 Å². The molecule has 0 amide bonds. The summed E-state index contributed by atoms with van der Waals surface area (Å²) in [5.41, 5.74) is 3.39. The largest absolute Gasteiger partial charge is 0.300 e. The van der Waals surface area contributed by atoms with E-state index in [1.54, 1.807) is 0 Å². The highest BCUT2D eigenvalue weighted by atomic mass is 35.5. The summed E-state index contributed by atoms with van der Waals surface area (Å²) in [5.74, 6) is 4.99. The summed E-state index contributed by atoms with van der Waals surface area (Å²) in [6, 6.07) is 3.80. The fraction of sp³-hybridized carbons (Fsp3) is 0.333. The van der Waals surface area contributed by atoms with Crippen molar-refractivity contribution in [3.8, 4) is 0 Å². The Kier molecular flexibility index (Phi) is 3.09. The molecule has 1 rings (SSSR count). The van der Waals surface area contributed by atoms with Crippen LogP contribution in [-0.4, -0.2) is 0 Å². The Morgan fingerprint density at radius 3 is 2.67 bits per heavy atom. The predicted octanol–water partition coefficient (Wildman–Crippen LogP) is 2.35. The first kappa shape index (κ1) is 9.52. The second kappa shape index (κ2) is 3.90. The van der Waals surface area contributed by atoms with Crippen molar-refractivity contribution in [3.63, 3.8) is 0 Å². The van der Waals surface area contributed by atoms with Crippen LogP contribution in [0.2, 0.25) is 5.02 Å². The van der Waals surface area contributed by atoms with Crippen LogP contribution in [0.4, 0.5) is 0 Å². The zero-order valence-corrected chi connectivity index (χ0v) is 7.98. The molecule has 2 N–H and O–H groups in total. The van der Waals surface area contributed by atoms with E-state index in [0.29, 0.717) is 6.61 Å². The van der Waals surface area contributed by atoms with Gasteiger partial charge in [-0.15, -0.1) is 0 Å². The van der Waals surface area contributed by atoms with E-state index < -0.39 is 0 Å². The summed E-state index contributed by atoms with van der Waals surface area (Å²) in [6.45, 7) is 4.45. The van der Waals surface area contributed by atoms with Gasteiger partial charge in [-0.1, -0.05) is 11.6 Å². The summed E-state index contributed by atoms with van der Waals surface area (Å²) < 4.78 is 0. The van der Waals surface area contributed by atoms with Gasteiger partial charge in [-0.2, -0.15) is 0 Å². The van der Waals surface area contributed by atoms with Gasteiger partial charge in [0.1, 0.15) is 0 Å². The molecule has 0 fully saturated rings. The Balaban J connectivity index is 3.09. The molecule has 0 aromatic heterocycles. The quantitative estimate of drug-likeness (QED) is 0.718. The number of rotatable bonds is 2. The number of hydrogen-bond acceptors (Lipinski definition) is 2. The number of halogens is 1. The Labute approximate surface area is 77.2 Å². The highest BCUT2D eigenvalue weighted by Crippen LogP contribution is 2.19. The average molecular weight is 186 g/mol. The molecule has 0 aliphatic heterocycles. The minimum Gasteiger partial charge on any atom is -0.300 e. The first-order valence-electron chi connectivity index (χ1n) is 3.72. The lowest BCUT2D eigenvalue weighted by Gasteiger charge is -2.07. The van der Waals surface area contributed by atoms with E-state index in [4.69, 9.17) is 17.5 Å². The van der Waals surface area contributed by atoms with E-state index >= 15 is 0 Å². The zero-order chi connectivity index (χ0) is 9.14. The second-order valence-electron chi connectivity index (χ2n) is 2.82. The molecule has 0 unspecified atom stereocenters. The van der Waals surface area contributed by atoms with Crippen molar-refractivity contribution < 1.29 is 4.84 Å². The lowest BCUT2D eigenvalue weighted by Crippen LogP contribution is -2.01. The van der Waals surface area contributed by atoms with Gasteiger partial charge in [0.15, 0.2) is 0 Å². The molecule has 12 heavy (non-hydrogen) atoms. The van der Waals surface area contributed by atoms with E-state index in [9.17, 15) is 0 Å². The first-order valence-corrected chi connectivity index (χ1v) is 4.10. The molecule has 1 aromatic carbocycles. The molecule has 0 aliphatic rings. The van der Waals surface area contributed by atoms with Gasteiger partial charge >= 0.3 is 0 Å². The lowest BCUT2D eigenvalue weighted by atomic mass is 10.0. The Bertz CT molecular complexity index is 286. The van der Waals surface area contributed by atoms with Gasteiger partial charge in [-0.05, 0) is 42.7 Å². The number of benzene rings is 1. The minimum atomic E-state index is 0.410. The van der Waals surface area contributed by atoms with Crippen molar-refractivity contribution in [2.45, 2.75) is 20.5 Å². The highest BCUT2D eigenvalue weighted by molar-refractivity contribution is 6.30. The van der Waals surface area contributed by atoms with Gasteiger partial charge in [-0.25, -0.2) is 5.90 Å². The third-order valence-corrected chi connectivity index (χ3v) is 2.20. The van der Waals surface area contributed by atoms with Crippen LogP contribution >= 0.6 is 11.6 Å². The van der Waals surface area contributed by atoms with E-state index in [1.165, 1.54) is 5.56 Å². The SMILES string of the molecule is Cc1cc(Cl)cc(CON)c1C. The smallest absolute Gasteiger partial charge is 0.0933 e. The van der Waals surface area contributed by atoms with Crippen molar-refractivity contribution in [2.75, 3.05) is 0 Å². The summed E-state index contributed by atoms with van der Waals surface area (Å²) in [7, 11) is 0. The molecular weight excluding hydrogens is 174 g/mol. The van der Waals surface area contributed by atoms with Crippen LogP contribution in [0.3, 0.4) is 0 Å². The molecule has 0 bridgehead atoms. The van der Waals surface area contributed by atoms with Crippen molar-refractivity contribution >= 4 is 11.6 Å². The third kappa shape index (κ3) is 1.97. The van der Waals surface area contributed by atoms with Crippen LogP contribution in [0.1, 0.15) is 16.7 Å². The van der Waals surface area contributed by atoms with Gasteiger partial charge < -0.3 is 0 Å². The van der Waals surface area contributed by atoms with Gasteiger partial charge in [0.25, 0.3) is 0 Å². The third-order valence-electron chi connectivity index (χ3n) is 1.98. The summed E-state index contributed by atoms with van der Waals surface area (Å²) in [6.07, 6.45) is 0. The van der Waals surface area contributed by atoms with E-state index in [0.717, 1.165) is 16.1 Å². The Morgan fingerprint density at radius 2 is 2.08 bits per heavy atom. The maximum Gasteiger partial charge on any atom is 0.0933 e. The number of aryl methyl sites for hydroxylation is 1. The maximum atomic E-state index is 5.86. The maximum absolute atomic E-state index is 5.86. The average Bonchev–Trinajstić information content (AvgIpc) is 2.00. The normalized spacial score (nSPS) is 10.3. The molecule has 2 nitrogen and oxygen atoms in total. The summed E-state index contributed by atoms with van der Waals surface area (Å²) in [5, 5.41) is 0.727. The minimum absolute atomic E-state index is 0.410. The van der Waals surface area contributed by atoms with Crippen LogP contribution in [0, 0.1) is 13.8 Å². The molecule has 0 radical (unpaired) electrons. The standard InChI is InChI=1S/C9H12ClNO/c1-6-3-9(10)4-8(5-12-11)7(6)2/h3-4H,5,11H2,1-2H3. The number of hydrogen-bond donors (Lipinski definition) is 1. The van der Waals surface area contributed by atoms with Crippen molar-refractivity contribution in [1.29, 1.82) is 0 Å². The van der Waals surface area contributed by atoms with E-state index in [1.807, 2.05) is 26.0 Å². The topological polar surface area (TPSA) is 35.2 Å². The van der Waals surface area contributed by atoms with Crippen LogP contribution in [-0.2, 0) is 11.4 Å². The molecule has 0 spiro atoms. The molecule has 3 heteroatoms. The fourth-order valence-electron chi connectivity index (χ4n) is 1.12. The molecule has 0 saturated carbocycles. The van der Waals surface area contributed by atoms with Gasteiger partial charge in [0.05, 0.1) is 6.61 Å². The van der Waals surface area contributed by atoms with E-state index in [2.05, 4.69) is 4.84 Å². The molecular formula is C9H12ClNO. The zero-order valence-electron chi connectivity index (χ0n) is 7.23. The number of nitrogens with two attached hydrogens (primary N) is 1. The Hall–Kier alpha value is -0.570. The molecule has 1 aromatic rings. The van der Waals surface area contributed by atoms with Crippen molar-refractivity contribution in [2.24, 2.45) is 5.90 Å². The monoisotopic (exact) mass is 185 g/mol. The van der Waals surface area contributed by atoms with Gasteiger partial charge in [0.2, 0.25) is 0 Å². The summed E-state index contributed by atoms with van der Waals surface area (Å²) in [4.78, 5) is 4.56. The van der Waals surface area contributed by atoms with E-state index in [-0.39, 0.29) is 0 Å². The van der Waals surface area contributed by atoms with Crippen molar-refractivity contribution in [1.82, 2.24) is 0 Å². The highest BCUT2D eigenvalue weighted by Gasteiger charge is 2.02. The lowest BCUT2D eigenvalue weighted by molar-refractivity contribution is 0.123. The van der Waals surface area contributed by atoms with Crippen LogP contribution < -0.4 is 5.90 Å². The molecule has 0 saturated heterocycles. The first-order chi connectivity index (χ1) is 5.65. The Morgan fingerprint density at radius 1 is 1.42 bits per heavy atom. The van der Waals surface area contributed by atoms with Crippen LogP contribution in [0.5, 0.6) is 0 Å². The second-order valence-corrected chi connectivity index (χ2v) is 3.25. The van der Waals surface area contributed by atoms with Gasteiger partial charge in [0, 0.05) is 5.02 Å². The van der Waals surface area contributed by atoms with Crippen LogP contribution in [0.25, 0.3) is 0 Å². The molecule has 0 aliphatic carbocycles. The molecule has 0 heterocycles. The van der Waals surface area contributed by atoms with Crippen molar-refractivity contribution in [3.05, 3.63) is 33.8 Å².